The minimum absolute atomic E-state index is 0.0313. The quantitative estimate of drug-likeness (QED) is 0.723. The molecule has 0 radical (unpaired) electrons. The first kappa shape index (κ1) is 16.0. The van der Waals surface area contributed by atoms with Crippen molar-refractivity contribution in [3.63, 3.8) is 0 Å². The van der Waals surface area contributed by atoms with Gasteiger partial charge in [-0.05, 0) is 24.3 Å². The highest BCUT2D eigenvalue weighted by Gasteiger charge is 2.10. The average Bonchev–Trinajstić information content (AvgIpc) is 2.97. The van der Waals surface area contributed by atoms with Crippen LogP contribution in [0.5, 0.6) is 5.75 Å². The van der Waals surface area contributed by atoms with E-state index in [0.717, 1.165) is 5.56 Å². The third-order valence-electron chi connectivity index (χ3n) is 3.27. The highest BCUT2D eigenvalue weighted by atomic mass is 32.2. The summed E-state index contributed by atoms with van der Waals surface area (Å²) in [5, 5.41) is 5.08. The maximum absolute atomic E-state index is 11.3. The molecular formula is C15H13N3O5S. The number of methoxy groups -OCH3 is 1. The standard InChI is InChI=1S/C15H13N3O5S/c1-22-15(19)23-11-4-7-14-17-13(9-18(14)8-11)10-2-5-12(6-3-10)24(16,20)21/h2-9H,1H3,(H2,16,20,21). The maximum atomic E-state index is 11.3. The number of hydrogen-bond donors (Lipinski definition) is 1. The van der Waals surface area contributed by atoms with Gasteiger partial charge < -0.3 is 13.9 Å². The first-order chi connectivity index (χ1) is 11.4. The number of benzene rings is 1. The van der Waals surface area contributed by atoms with E-state index in [-0.39, 0.29) is 4.90 Å². The van der Waals surface area contributed by atoms with Gasteiger partial charge in [-0.1, -0.05) is 12.1 Å². The number of primary sulfonamides is 1. The molecule has 0 aliphatic carbocycles. The summed E-state index contributed by atoms with van der Waals surface area (Å²) in [4.78, 5) is 15.6. The van der Waals surface area contributed by atoms with Crippen LogP contribution in [0.25, 0.3) is 16.9 Å². The zero-order valence-corrected chi connectivity index (χ0v) is 13.4. The van der Waals surface area contributed by atoms with Crippen LogP contribution < -0.4 is 9.88 Å². The summed E-state index contributed by atoms with van der Waals surface area (Å²) in [5.41, 5.74) is 1.99. The van der Waals surface area contributed by atoms with Gasteiger partial charge in [0, 0.05) is 11.8 Å². The molecule has 0 saturated carbocycles. The minimum Gasteiger partial charge on any atom is -0.437 e. The van der Waals surface area contributed by atoms with Crippen molar-refractivity contribution in [2.24, 2.45) is 5.14 Å². The number of pyridine rings is 1. The van der Waals surface area contributed by atoms with Gasteiger partial charge in [-0.3, -0.25) is 0 Å². The Labute approximate surface area is 137 Å². The zero-order chi connectivity index (χ0) is 17.3. The third-order valence-corrected chi connectivity index (χ3v) is 4.20. The van der Waals surface area contributed by atoms with Gasteiger partial charge in [-0.15, -0.1) is 0 Å². The highest BCUT2D eigenvalue weighted by molar-refractivity contribution is 7.89. The van der Waals surface area contributed by atoms with E-state index in [9.17, 15) is 13.2 Å². The molecule has 0 aliphatic rings. The van der Waals surface area contributed by atoms with E-state index in [1.165, 1.54) is 19.2 Å². The van der Waals surface area contributed by atoms with Crippen molar-refractivity contribution in [1.82, 2.24) is 9.38 Å². The minimum atomic E-state index is -3.73. The molecule has 2 aromatic heterocycles. The average molecular weight is 347 g/mol. The number of carbonyl (C=O) groups excluding carboxylic acids is 1. The Kier molecular flexibility index (Phi) is 3.96. The van der Waals surface area contributed by atoms with Gasteiger partial charge in [0.25, 0.3) is 0 Å². The van der Waals surface area contributed by atoms with Crippen molar-refractivity contribution in [3.05, 3.63) is 48.8 Å². The summed E-state index contributed by atoms with van der Waals surface area (Å²) >= 11 is 0. The second-order valence-corrected chi connectivity index (χ2v) is 6.44. The lowest BCUT2D eigenvalue weighted by atomic mass is 10.2. The topological polar surface area (TPSA) is 113 Å². The Hall–Kier alpha value is -2.91. The van der Waals surface area contributed by atoms with E-state index in [2.05, 4.69) is 9.72 Å². The first-order valence-corrected chi connectivity index (χ1v) is 8.29. The number of fused-ring (bicyclic) bond motifs is 1. The molecule has 0 saturated heterocycles. The summed E-state index contributed by atoms with van der Waals surface area (Å²) in [6, 6.07) is 9.34. The fourth-order valence-electron chi connectivity index (χ4n) is 2.12. The Morgan fingerprint density at radius 3 is 2.46 bits per heavy atom. The van der Waals surface area contributed by atoms with Crippen LogP contribution in [0, 0.1) is 0 Å². The maximum Gasteiger partial charge on any atom is 0.513 e. The Morgan fingerprint density at radius 2 is 1.83 bits per heavy atom. The molecule has 124 valence electrons. The molecule has 0 amide bonds. The molecule has 24 heavy (non-hydrogen) atoms. The van der Waals surface area contributed by atoms with Gasteiger partial charge in [-0.2, -0.15) is 0 Å². The van der Waals surface area contributed by atoms with Gasteiger partial charge >= 0.3 is 6.16 Å². The van der Waals surface area contributed by atoms with Crippen molar-refractivity contribution >= 4 is 21.8 Å². The number of rotatable bonds is 3. The van der Waals surface area contributed by atoms with Crippen molar-refractivity contribution in [3.8, 4) is 17.0 Å². The van der Waals surface area contributed by atoms with Crippen LogP contribution in [-0.4, -0.2) is 31.1 Å². The second kappa shape index (κ2) is 5.95. The lowest BCUT2D eigenvalue weighted by Crippen LogP contribution is -2.11. The molecule has 0 atom stereocenters. The van der Waals surface area contributed by atoms with Crippen molar-refractivity contribution in [2.75, 3.05) is 7.11 Å². The number of aromatic nitrogens is 2. The van der Waals surface area contributed by atoms with E-state index in [1.807, 2.05) is 0 Å². The van der Waals surface area contributed by atoms with Crippen LogP contribution >= 0.6 is 0 Å². The molecule has 3 rings (SSSR count). The van der Waals surface area contributed by atoms with E-state index in [1.54, 1.807) is 41.1 Å². The molecule has 0 unspecified atom stereocenters. The SMILES string of the molecule is COC(=O)Oc1ccc2nc(-c3ccc(S(N)(=O)=O)cc3)cn2c1. The molecule has 2 heterocycles. The van der Waals surface area contributed by atoms with Gasteiger partial charge in [-0.25, -0.2) is 23.3 Å². The number of ether oxygens (including phenoxy) is 2. The molecule has 0 bridgehead atoms. The van der Waals surface area contributed by atoms with E-state index in [0.29, 0.717) is 17.1 Å². The fraction of sp³-hybridized carbons (Fsp3) is 0.0667. The number of sulfonamides is 1. The molecule has 8 nitrogen and oxygen atoms in total. The van der Waals surface area contributed by atoms with Crippen LogP contribution in [-0.2, 0) is 14.8 Å². The van der Waals surface area contributed by atoms with Gasteiger partial charge in [0.1, 0.15) is 5.65 Å². The summed E-state index contributed by atoms with van der Waals surface area (Å²) in [5.74, 6) is 0.308. The molecule has 2 N–H and O–H groups in total. The predicted molar refractivity (Wildman–Crippen MR) is 85.0 cm³/mol. The van der Waals surface area contributed by atoms with Gasteiger partial charge in [0.05, 0.1) is 23.9 Å². The van der Waals surface area contributed by atoms with Crippen LogP contribution in [0.1, 0.15) is 0 Å². The Bertz CT molecular complexity index is 1010. The molecule has 0 fully saturated rings. The van der Waals surface area contributed by atoms with Gasteiger partial charge in [0.2, 0.25) is 10.0 Å². The molecular weight excluding hydrogens is 334 g/mol. The molecule has 0 aliphatic heterocycles. The van der Waals surface area contributed by atoms with E-state index >= 15 is 0 Å². The van der Waals surface area contributed by atoms with Crippen molar-refractivity contribution < 1.29 is 22.7 Å². The highest BCUT2D eigenvalue weighted by Crippen LogP contribution is 2.22. The third kappa shape index (κ3) is 3.21. The van der Waals surface area contributed by atoms with Crippen LogP contribution in [0.15, 0.2) is 53.7 Å². The summed E-state index contributed by atoms with van der Waals surface area (Å²) < 4.78 is 33.6. The molecule has 1 aromatic carbocycles. The van der Waals surface area contributed by atoms with Crippen molar-refractivity contribution in [1.29, 1.82) is 0 Å². The zero-order valence-electron chi connectivity index (χ0n) is 12.5. The molecule has 9 heteroatoms. The number of carbonyl (C=O) groups is 1. The fourth-order valence-corrected chi connectivity index (χ4v) is 2.64. The largest absolute Gasteiger partial charge is 0.513 e. The lowest BCUT2D eigenvalue weighted by Gasteiger charge is -2.02. The Morgan fingerprint density at radius 1 is 1.12 bits per heavy atom. The smallest absolute Gasteiger partial charge is 0.437 e. The normalized spacial score (nSPS) is 11.4. The first-order valence-electron chi connectivity index (χ1n) is 6.74. The second-order valence-electron chi connectivity index (χ2n) is 4.88. The lowest BCUT2D eigenvalue weighted by molar-refractivity contribution is 0.121. The number of nitrogens with two attached hydrogens (primary N) is 1. The number of imidazole rings is 1. The predicted octanol–water partition coefficient (Wildman–Crippen LogP) is 1.79. The molecule has 0 spiro atoms. The van der Waals surface area contributed by atoms with Gasteiger partial charge in [0.15, 0.2) is 5.75 Å². The summed E-state index contributed by atoms with van der Waals surface area (Å²) in [6.45, 7) is 0. The Balaban J connectivity index is 1.94. The van der Waals surface area contributed by atoms with Crippen LogP contribution in [0.4, 0.5) is 4.79 Å². The monoisotopic (exact) mass is 347 g/mol. The van der Waals surface area contributed by atoms with E-state index in [4.69, 9.17) is 9.88 Å². The van der Waals surface area contributed by atoms with E-state index < -0.39 is 16.2 Å². The number of hydrogen-bond acceptors (Lipinski definition) is 6. The number of nitrogens with zero attached hydrogens (tertiary/aromatic N) is 2. The summed E-state index contributed by atoms with van der Waals surface area (Å²) in [6.07, 6.45) is 2.50. The van der Waals surface area contributed by atoms with Crippen LogP contribution in [0.3, 0.4) is 0 Å². The van der Waals surface area contributed by atoms with Crippen molar-refractivity contribution in [2.45, 2.75) is 4.90 Å². The molecule has 3 aromatic rings. The van der Waals surface area contributed by atoms with Crippen LogP contribution in [0.2, 0.25) is 0 Å². The summed E-state index contributed by atoms with van der Waals surface area (Å²) in [7, 11) is -2.51.